The Balaban J connectivity index is 1.74. The molecule has 0 amide bonds. The van der Waals surface area contributed by atoms with E-state index in [9.17, 15) is 4.79 Å². The molecule has 0 saturated carbocycles. The second kappa shape index (κ2) is 7.76. The van der Waals surface area contributed by atoms with Gasteiger partial charge in [-0.05, 0) is 12.5 Å². The zero-order chi connectivity index (χ0) is 14.4. The highest BCUT2D eigenvalue weighted by Gasteiger charge is 2.20. The Hall–Kier alpha value is -0.910. The molecule has 1 aliphatic heterocycles. The molecule has 0 spiro atoms. The molecule has 2 rings (SSSR count). The predicted octanol–water partition coefficient (Wildman–Crippen LogP) is 0.889. The molecule has 0 aliphatic carbocycles. The molecular weight excluding hydrogens is 322 g/mol. The number of hydrogen-bond acceptors (Lipinski definition) is 3. The van der Waals surface area contributed by atoms with Crippen LogP contribution in [0.3, 0.4) is 0 Å². The summed E-state index contributed by atoms with van der Waals surface area (Å²) in [6.45, 7) is 6.92. The number of ether oxygens (including phenoxy) is 2. The molecule has 1 heterocycles. The first-order valence-corrected chi connectivity index (χ1v) is 7.87. The average Bonchev–Trinajstić information content (AvgIpc) is 2.48. The third kappa shape index (κ3) is 4.58. The van der Waals surface area contributed by atoms with Crippen molar-refractivity contribution in [1.29, 1.82) is 0 Å². The van der Waals surface area contributed by atoms with Gasteiger partial charge in [0.05, 0.1) is 13.2 Å². The third-order valence-electron chi connectivity index (χ3n) is 3.48. The van der Waals surface area contributed by atoms with Gasteiger partial charge in [0.2, 0.25) is 0 Å². The van der Waals surface area contributed by atoms with Gasteiger partial charge in [-0.1, -0.05) is 45.8 Å². The summed E-state index contributed by atoms with van der Waals surface area (Å²) in [5.74, 6) is -0.221. The van der Waals surface area contributed by atoms with Gasteiger partial charge in [-0.2, -0.15) is 0 Å². The van der Waals surface area contributed by atoms with Gasteiger partial charge in [-0.25, -0.2) is 0 Å². The molecule has 5 heteroatoms. The minimum atomic E-state index is -0.386. The van der Waals surface area contributed by atoms with Gasteiger partial charge >= 0.3 is 5.97 Å². The SMILES string of the molecule is Cc1ccc(C(Br)C(=O)OCC[NH+]2CCOCC2)cc1. The van der Waals surface area contributed by atoms with Crippen molar-refractivity contribution in [3.05, 3.63) is 35.4 Å². The first kappa shape index (κ1) is 15.5. The Morgan fingerprint density at radius 2 is 2.00 bits per heavy atom. The number of quaternary nitrogens is 1. The van der Waals surface area contributed by atoms with E-state index in [0.717, 1.165) is 38.4 Å². The number of aryl methyl sites for hydroxylation is 1. The Labute approximate surface area is 128 Å². The van der Waals surface area contributed by atoms with Crippen LogP contribution in [0.4, 0.5) is 0 Å². The fourth-order valence-electron chi connectivity index (χ4n) is 2.15. The third-order valence-corrected chi connectivity index (χ3v) is 4.38. The van der Waals surface area contributed by atoms with Crippen molar-refractivity contribution in [3.8, 4) is 0 Å². The van der Waals surface area contributed by atoms with E-state index < -0.39 is 0 Å². The zero-order valence-electron chi connectivity index (χ0n) is 11.7. The van der Waals surface area contributed by atoms with Gasteiger partial charge in [-0.15, -0.1) is 0 Å². The number of halogens is 1. The summed E-state index contributed by atoms with van der Waals surface area (Å²) in [6, 6.07) is 7.88. The van der Waals surface area contributed by atoms with Crippen LogP contribution in [-0.4, -0.2) is 45.4 Å². The van der Waals surface area contributed by atoms with Gasteiger partial charge in [-0.3, -0.25) is 4.79 Å². The fraction of sp³-hybridized carbons (Fsp3) is 0.533. The Morgan fingerprint density at radius 3 is 2.65 bits per heavy atom. The van der Waals surface area contributed by atoms with Crippen molar-refractivity contribution in [3.63, 3.8) is 0 Å². The van der Waals surface area contributed by atoms with Crippen molar-refractivity contribution in [2.24, 2.45) is 0 Å². The lowest BCUT2D eigenvalue weighted by molar-refractivity contribution is -0.908. The molecule has 1 aromatic carbocycles. The summed E-state index contributed by atoms with van der Waals surface area (Å²) in [5, 5.41) is 0. The first-order chi connectivity index (χ1) is 9.66. The highest BCUT2D eigenvalue weighted by atomic mass is 79.9. The maximum absolute atomic E-state index is 12.0. The Bertz CT molecular complexity index is 429. The molecule has 1 atom stereocenters. The number of hydrogen-bond donors (Lipinski definition) is 1. The summed E-state index contributed by atoms with van der Waals surface area (Å²) in [6.07, 6.45) is 0. The van der Waals surface area contributed by atoms with Crippen LogP contribution >= 0.6 is 15.9 Å². The molecule has 1 saturated heterocycles. The van der Waals surface area contributed by atoms with Crippen LogP contribution in [0, 0.1) is 6.92 Å². The molecule has 0 radical (unpaired) electrons. The lowest BCUT2D eigenvalue weighted by atomic mass is 10.1. The summed E-state index contributed by atoms with van der Waals surface area (Å²) >= 11 is 3.40. The van der Waals surface area contributed by atoms with Crippen molar-refractivity contribution in [2.45, 2.75) is 11.8 Å². The monoisotopic (exact) mass is 342 g/mol. The van der Waals surface area contributed by atoms with E-state index in [2.05, 4.69) is 15.9 Å². The topological polar surface area (TPSA) is 40.0 Å². The lowest BCUT2D eigenvalue weighted by Gasteiger charge is -2.23. The summed E-state index contributed by atoms with van der Waals surface area (Å²) < 4.78 is 10.6. The van der Waals surface area contributed by atoms with Crippen molar-refractivity contribution < 1.29 is 19.2 Å². The highest BCUT2D eigenvalue weighted by molar-refractivity contribution is 9.09. The Kier molecular flexibility index (Phi) is 6.01. The van der Waals surface area contributed by atoms with Crippen molar-refractivity contribution in [2.75, 3.05) is 39.5 Å². The second-order valence-corrected chi connectivity index (χ2v) is 5.97. The number of benzene rings is 1. The van der Waals surface area contributed by atoms with Crippen LogP contribution in [-0.2, 0) is 14.3 Å². The van der Waals surface area contributed by atoms with Crippen LogP contribution in [0.2, 0.25) is 0 Å². The van der Waals surface area contributed by atoms with Gasteiger partial charge < -0.3 is 14.4 Å². The van der Waals surface area contributed by atoms with Crippen LogP contribution in [0.1, 0.15) is 16.0 Å². The molecule has 1 aromatic rings. The number of esters is 1. The number of morpholine rings is 1. The van der Waals surface area contributed by atoms with E-state index in [1.54, 1.807) is 0 Å². The molecule has 0 bridgehead atoms. The first-order valence-electron chi connectivity index (χ1n) is 6.95. The molecule has 110 valence electrons. The predicted molar refractivity (Wildman–Crippen MR) is 80.2 cm³/mol. The molecule has 4 nitrogen and oxygen atoms in total. The average molecular weight is 343 g/mol. The van der Waals surface area contributed by atoms with E-state index in [1.165, 1.54) is 10.5 Å². The van der Waals surface area contributed by atoms with Crippen LogP contribution in [0.15, 0.2) is 24.3 Å². The maximum atomic E-state index is 12.0. The highest BCUT2D eigenvalue weighted by Crippen LogP contribution is 2.24. The van der Waals surface area contributed by atoms with Gasteiger partial charge in [0.1, 0.15) is 31.1 Å². The van der Waals surface area contributed by atoms with Crippen molar-refractivity contribution >= 4 is 21.9 Å². The van der Waals surface area contributed by atoms with E-state index in [4.69, 9.17) is 9.47 Å². The molecule has 0 aromatic heterocycles. The van der Waals surface area contributed by atoms with E-state index in [-0.39, 0.29) is 10.8 Å². The summed E-state index contributed by atoms with van der Waals surface area (Å²) in [4.78, 5) is 13.0. The zero-order valence-corrected chi connectivity index (χ0v) is 13.3. The van der Waals surface area contributed by atoms with Crippen LogP contribution < -0.4 is 4.90 Å². The summed E-state index contributed by atoms with van der Waals surface area (Å²) in [5.41, 5.74) is 2.11. The number of carbonyl (C=O) groups excluding carboxylic acids is 1. The fourth-order valence-corrected chi connectivity index (χ4v) is 2.59. The van der Waals surface area contributed by atoms with Gasteiger partial charge in [0, 0.05) is 0 Å². The van der Waals surface area contributed by atoms with E-state index >= 15 is 0 Å². The molecule has 1 unspecified atom stereocenters. The van der Waals surface area contributed by atoms with E-state index in [0.29, 0.717) is 6.61 Å². The largest absolute Gasteiger partial charge is 0.459 e. The minimum Gasteiger partial charge on any atom is -0.459 e. The second-order valence-electron chi connectivity index (χ2n) is 5.05. The Morgan fingerprint density at radius 1 is 1.35 bits per heavy atom. The van der Waals surface area contributed by atoms with Crippen LogP contribution in [0.5, 0.6) is 0 Å². The van der Waals surface area contributed by atoms with Crippen molar-refractivity contribution in [1.82, 2.24) is 0 Å². The number of nitrogens with one attached hydrogen (secondary N) is 1. The standard InChI is InChI=1S/C15H20BrNO3/c1-12-2-4-13(5-3-12)14(16)15(18)20-11-8-17-6-9-19-10-7-17/h2-5,14H,6-11H2,1H3/p+1. The smallest absolute Gasteiger partial charge is 0.324 e. The molecule has 1 fully saturated rings. The number of alkyl halides is 1. The molecule has 20 heavy (non-hydrogen) atoms. The van der Waals surface area contributed by atoms with Crippen LogP contribution in [0.25, 0.3) is 0 Å². The molecular formula is C15H21BrNO3+. The molecule has 1 N–H and O–H groups in total. The minimum absolute atomic E-state index is 0.221. The van der Waals surface area contributed by atoms with Gasteiger partial charge in [0.15, 0.2) is 0 Å². The molecule has 1 aliphatic rings. The number of rotatable bonds is 5. The number of carbonyl (C=O) groups is 1. The van der Waals surface area contributed by atoms with E-state index in [1.807, 2.05) is 31.2 Å². The maximum Gasteiger partial charge on any atom is 0.324 e. The summed E-state index contributed by atoms with van der Waals surface area (Å²) in [7, 11) is 0. The quantitative estimate of drug-likeness (QED) is 0.638. The normalized spacial score (nSPS) is 17.7. The van der Waals surface area contributed by atoms with Gasteiger partial charge in [0.25, 0.3) is 0 Å². The lowest BCUT2D eigenvalue weighted by Crippen LogP contribution is -3.14.